The van der Waals surface area contributed by atoms with Crippen LogP contribution in [0.4, 0.5) is 0 Å². The maximum atomic E-state index is 6.09. The van der Waals surface area contributed by atoms with Crippen LogP contribution >= 0.6 is 12.4 Å². The van der Waals surface area contributed by atoms with Gasteiger partial charge in [-0.2, -0.15) is 0 Å². The SMILES string of the molecule is CC1CN(Cc2cccc3cccnc23)CCC1N.Cl. The van der Waals surface area contributed by atoms with Crippen LogP contribution in [0, 0.1) is 5.92 Å². The van der Waals surface area contributed by atoms with Crippen molar-refractivity contribution in [2.45, 2.75) is 25.9 Å². The molecule has 2 atom stereocenters. The van der Waals surface area contributed by atoms with E-state index < -0.39 is 0 Å². The highest BCUT2D eigenvalue weighted by molar-refractivity contribution is 5.85. The van der Waals surface area contributed by atoms with E-state index >= 15 is 0 Å². The van der Waals surface area contributed by atoms with Gasteiger partial charge in [0.25, 0.3) is 0 Å². The highest BCUT2D eigenvalue weighted by Gasteiger charge is 2.23. The average Bonchev–Trinajstić information content (AvgIpc) is 2.43. The Bertz CT molecular complexity index is 567. The summed E-state index contributed by atoms with van der Waals surface area (Å²) in [6.45, 7) is 5.41. The van der Waals surface area contributed by atoms with Crippen molar-refractivity contribution in [1.82, 2.24) is 9.88 Å². The fraction of sp³-hybridized carbons (Fsp3) is 0.438. The van der Waals surface area contributed by atoms with Crippen molar-refractivity contribution in [3.8, 4) is 0 Å². The van der Waals surface area contributed by atoms with Crippen molar-refractivity contribution in [3.05, 3.63) is 42.1 Å². The average molecular weight is 292 g/mol. The van der Waals surface area contributed by atoms with Crippen molar-refractivity contribution in [3.63, 3.8) is 0 Å². The fourth-order valence-electron chi connectivity index (χ4n) is 2.93. The number of aromatic nitrogens is 1. The lowest BCUT2D eigenvalue weighted by atomic mass is 9.94. The van der Waals surface area contributed by atoms with Crippen LogP contribution in [-0.2, 0) is 6.54 Å². The molecule has 4 heteroatoms. The normalized spacial score (nSPS) is 23.5. The first kappa shape index (κ1) is 15.2. The number of piperidine rings is 1. The molecule has 1 aromatic heterocycles. The molecule has 3 rings (SSSR count). The minimum absolute atomic E-state index is 0. The summed E-state index contributed by atoms with van der Waals surface area (Å²) in [7, 11) is 0. The second kappa shape index (κ2) is 6.53. The molecule has 1 fully saturated rings. The number of pyridine rings is 1. The van der Waals surface area contributed by atoms with Gasteiger partial charge >= 0.3 is 0 Å². The number of halogens is 1. The largest absolute Gasteiger partial charge is 0.327 e. The minimum Gasteiger partial charge on any atom is -0.327 e. The third-order valence-corrected chi connectivity index (χ3v) is 4.17. The van der Waals surface area contributed by atoms with Gasteiger partial charge in [-0.1, -0.05) is 31.2 Å². The molecule has 0 bridgehead atoms. The summed E-state index contributed by atoms with van der Waals surface area (Å²) in [5, 5.41) is 1.22. The number of rotatable bonds is 2. The van der Waals surface area contributed by atoms with Gasteiger partial charge in [0.1, 0.15) is 0 Å². The highest BCUT2D eigenvalue weighted by atomic mass is 35.5. The molecule has 0 saturated carbocycles. The molecule has 0 radical (unpaired) electrons. The number of hydrogen-bond acceptors (Lipinski definition) is 3. The van der Waals surface area contributed by atoms with E-state index in [2.05, 4.69) is 41.1 Å². The lowest BCUT2D eigenvalue weighted by molar-refractivity contribution is 0.158. The summed E-state index contributed by atoms with van der Waals surface area (Å²) in [5.74, 6) is 0.580. The molecule has 2 unspecified atom stereocenters. The van der Waals surface area contributed by atoms with E-state index in [0.717, 1.165) is 31.6 Å². The predicted molar refractivity (Wildman–Crippen MR) is 86.0 cm³/mol. The Hall–Kier alpha value is -1.16. The summed E-state index contributed by atoms with van der Waals surface area (Å²) in [6.07, 6.45) is 2.97. The van der Waals surface area contributed by atoms with Crippen LogP contribution < -0.4 is 5.73 Å². The monoisotopic (exact) mass is 291 g/mol. The van der Waals surface area contributed by atoms with E-state index in [9.17, 15) is 0 Å². The van der Waals surface area contributed by atoms with E-state index in [-0.39, 0.29) is 12.4 Å². The first-order chi connectivity index (χ1) is 9.24. The van der Waals surface area contributed by atoms with Gasteiger partial charge in [-0.15, -0.1) is 12.4 Å². The van der Waals surface area contributed by atoms with Crippen LogP contribution in [0.3, 0.4) is 0 Å². The first-order valence-corrected chi connectivity index (χ1v) is 7.04. The first-order valence-electron chi connectivity index (χ1n) is 7.04. The molecule has 1 aliphatic heterocycles. The lowest BCUT2D eigenvalue weighted by Crippen LogP contribution is -2.45. The number of nitrogens with two attached hydrogens (primary N) is 1. The minimum atomic E-state index is 0. The van der Waals surface area contributed by atoms with Crippen molar-refractivity contribution in [2.24, 2.45) is 11.7 Å². The quantitative estimate of drug-likeness (QED) is 0.925. The zero-order valence-corrected chi connectivity index (χ0v) is 12.6. The third-order valence-electron chi connectivity index (χ3n) is 4.17. The van der Waals surface area contributed by atoms with Crippen molar-refractivity contribution in [2.75, 3.05) is 13.1 Å². The molecule has 2 aromatic rings. The summed E-state index contributed by atoms with van der Waals surface area (Å²) in [6, 6.07) is 10.9. The van der Waals surface area contributed by atoms with Crippen LogP contribution in [-0.4, -0.2) is 29.0 Å². The summed E-state index contributed by atoms with van der Waals surface area (Å²) >= 11 is 0. The van der Waals surface area contributed by atoms with E-state index in [1.165, 1.54) is 10.9 Å². The zero-order valence-electron chi connectivity index (χ0n) is 11.8. The Kier molecular flexibility index (Phi) is 4.97. The van der Waals surface area contributed by atoms with Crippen LogP contribution in [0.15, 0.2) is 36.5 Å². The topological polar surface area (TPSA) is 42.2 Å². The van der Waals surface area contributed by atoms with Crippen LogP contribution in [0.5, 0.6) is 0 Å². The van der Waals surface area contributed by atoms with Gasteiger partial charge in [0.15, 0.2) is 0 Å². The van der Waals surface area contributed by atoms with Crippen LogP contribution in [0.2, 0.25) is 0 Å². The van der Waals surface area contributed by atoms with E-state index in [1.54, 1.807) is 0 Å². The molecule has 20 heavy (non-hydrogen) atoms. The van der Waals surface area contributed by atoms with Gasteiger partial charge in [-0.3, -0.25) is 9.88 Å². The molecule has 2 heterocycles. The summed E-state index contributed by atoms with van der Waals surface area (Å²) in [4.78, 5) is 7.03. The molecular weight excluding hydrogens is 270 g/mol. The van der Waals surface area contributed by atoms with Crippen molar-refractivity contribution in [1.29, 1.82) is 0 Å². The van der Waals surface area contributed by atoms with Crippen LogP contribution in [0.25, 0.3) is 10.9 Å². The molecule has 1 saturated heterocycles. The molecule has 0 spiro atoms. The molecule has 1 aromatic carbocycles. The molecule has 0 aliphatic carbocycles. The Morgan fingerprint density at radius 3 is 2.90 bits per heavy atom. The van der Waals surface area contributed by atoms with Crippen LogP contribution in [0.1, 0.15) is 18.9 Å². The number of nitrogens with zero attached hydrogens (tertiary/aromatic N) is 2. The Labute approximate surface area is 126 Å². The predicted octanol–water partition coefficient (Wildman–Crippen LogP) is 2.83. The van der Waals surface area contributed by atoms with E-state index in [1.807, 2.05) is 12.3 Å². The van der Waals surface area contributed by atoms with E-state index in [4.69, 9.17) is 5.73 Å². The second-order valence-corrected chi connectivity index (χ2v) is 5.66. The molecule has 0 amide bonds. The Morgan fingerprint density at radius 2 is 2.10 bits per heavy atom. The zero-order chi connectivity index (χ0) is 13.2. The number of para-hydroxylation sites is 1. The number of likely N-dealkylation sites (tertiary alicyclic amines) is 1. The molecule has 3 nitrogen and oxygen atoms in total. The maximum Gasteiger partial charge on any atom is 0.0746 e. The van der Waals surface area contributed by atoms with Crippen molar-refractivity contribution < 1.29 is 0 Å². The maximum absolute atomic E-state index is 6.09. The summed E-state index contributed by atoms with van der Waals surface area (Å²) in [5.41, 5.74) is 8.54. The molecule has 2 N–H and O–H groups in total. The van der Waals surface area contributed by atoms with E-state index in [0.29, 0.717) is 12.0 Å². The number of benzene rings is 1. The number of fused-ring (bicyclic) bond motifs is 1. The van der Waals surface area contributed by atoms with Gasteiger partial charge in [-0.05, 0) is 30.5 Å². The molecule has 1 aliphatic rings. The van der Waals surface area contributed by atoms with Gasteiger partial charge in [-0.25, -0.2) is 0 Å². The van der Waals surface area contributed by atoms with Gasteiger partial charge in [0.2, 0.25) is 0 Å². The summed E-state index contributed by atoms with van der Waals surface area (Å²) < 4.78 is 0. The second-order valence-electron chi connectivity index (χ2n) is 5.66. The van der Waals surface area contributed by atoms with Gasteiger partial charge in [0, 0.05) is 30.7 Å². The standard InChI is InChI=1S/C16H21N3.ClH/c1-12-10-19(9-7-15(12)17)11-14-5-2-4-13-6-3-8-18-16(13)14;/h2-6,8,12,15H,7,9-11,17H2,1H3;1H. The molecular formula is C16H22ClN3. The smallest absolute Gasteiger partial charge is 0.0746 e. The van der Waals surface area contributed by atoms with Gasteiger partial charge in [0.05, 0.1) is 5.52 Å². The molecule has 108 valence electrons. The Balaban J connectivity index is 0.00000147. The van der Waals surface area contributed by atoms with Gasteiger partial charge < -0.3 is 5.73 Å². The third kappa shape index (κ3) is 3.11. The lowest BCUT2D eigenvalue weighted by Gasteiger charge is -2.35. The Morgan fingerprint density at radius 1 is 1.30 bits per heavy atom. The fourth-order valence-corrected chi connectivity index (χ4v) is 2.93. The number of hydrogen-bond donors (Lipinski definition) is 1. The highest BCUT2D eigenvalue weighted by Crippen LogP contribution is 2.21. The van der Waals surface area contributed by atoms with Crippen molar-refractivity contribution >= 4 is 23.3 Å².